The molecule has 2 aromatic heterocycles. The molecule has 0 saturated carbocycles. The molecule has 0 amide bonds. The van der Waals surface area contributed by atoms with E-state index in [2.05, 4.69) is 10.1 Å². The monoisotopic (exact) mass is 287 g/mol. The molecular formula is C14H10FN3O3. The number of benzene rings is 1. The van der Waals surface area contributed by atoms with E-state index < -0.39 is 5.97 Å². The van der Waals surface area contributed by atoms with Crippen molar-refractivity contribution >= 4 is 11.6 Å². The number of aromatic carboxylic acids is 1. The fourth-order valence-electron chi connectivity index (χ4n) is 1.80. The van der Waals surface area contributed by atoms with Crippen LogP contribution in [0.3, 0.4) is 0 Å². The van der Waals surface area contributed by atoms with E-state index in [0.717, 1.165) is 0 Å². The molecule has 1 N–H and O–H groups in total. The molecule has 0 aliphatic heterocycles. The van der Waals surface area contributed by atoms with E-state index in [1.165, 1.54) is 47.1 Å². The van der Waals surface area contributed by atoms with Gasteiger partial charge < -0.3 is 9.84 Å². The minimum Gasteiger partial charge on any atom is -0.486 e. The maximum Gasteiger partial charge on any atom is 0.335 e. The molecule has 0 aliphatic carbocycles. The Hall–Kier alpha value is -2.96. The van der Waals surface area contributed by atoms with Crippen molar-refractivity contribution in [1.82, 2.24) is 14.6 Å². The summed E-state index contributed by atoms with van der Waals surface area (Å²) in [6.07, 6.45) is 1.52. The first-order valence-electron chi connectivity index (χ1n) is 6.09. The molecule has 0 atom stereocenters. The zero-order valence-electron chi connectivity index (χ0n) is 10.7. The van der Waals surface area contributed by atoms with Crippen LogP contribution in [0.5, 0.6) is 5.75 Å². The van der Waals surface area contributed by atoms with Gasteiger partial charge in [0.05, 0.1) is 5.56 Å². The predicted octanol–water partition coefficient (Wildman–Crippen LogP) is 2.15. The summed E-state index contributed by atoms with van der Waals surface area (Å²) in [5, 5.41) is 13.1. The van der Waals surface area contributed by atoms with Crippen molar-refractivity contribution in [2.24, 2.45) is 0 Å². The quantitative estimate of drug-likeness (QED) is 0.795. The molecule has 0 spiro atoms. The lowest BCUT2D eigenvalue weighted by molar-refractivity contribution is 0.0697. The molecule has 3 rings (SSSR count). The number of carbonyl (C=O) groups is 1. The zero-order chi connectivity index (χ0) is 14.8. The number of carboxylic acids is 1. The molecule has 0 radical (unpaired) electrons. The van der Waals surface area contributed by atoms with E-state index in [9.17, 15) is 9.18 Å². The molecular weight excluding hydrogens is 277 g/mol. The van der Waals surface area contributed by atoms with E-state index in [-0.39, 0.29) is 18.0 Å². The summed E-state index contributed by atoms with van der Waals surface area (Å²) in [5.41, 5.74) is 0.563. The van der Waals surface area contributed by atoms with Crippen LogP contribution in [0, 0.1) is 5.82 Å². The Morgan fingerprint density at radius 2 is 2.05 bits per heavy atom. The van der Waals surface area contributed by atoms with Crippen molar-refractivity contribution in [2.75, 3.05) is 0 Å². The highest BCUT2D eigenvalue weighted by atomic mass is 19.1. The summed E-state index contributed by atoms with van der Waals surface area (Å²) < 4.78 is 19.7. The minimum atomic E-state index is -1.02. The lowest BCUT2D eigenvalue weighted by atomic mass is 10.3. The molecule has 1 aromatic carbocycles. The normalized spacial score (nSPS) is 10.7. The Bertz CT molecular complexity index is 799. The van der Waals surface area contributed by atoms with E-state index >= 15 is 0 Å². The highest BCUT2D eigenvalue weighted by Gasteiger charge is 2.08. The second-order valence-corrected chi connectivity index (χ2v) is 4.29. The zero-order valence-corrected chi connectivity index (χ0v) is 10.7. The van der Waals surface area contributed by atoms with Gasteiger partial charge in [-0.1, -0.05) is 0 Å². The SMILES string of the molecule is O=C(O)c1ccn2nc(COc3ccc(F)cc3)nc2c1. The average Bonchev–Trinajstić information content (AvgIpc) is 2.88. The third-order valence-corrected chi connectivity index (χ3v) is 2.81. The molecule has 3 aromatic rings. The fourth-order valence-corrected chi connectivity index (χ4v) is 1.80. The highest BCUT2D eigenvalue weighted by Crippen LogP contribution is 2.13. The van der Waals surface area contributed by atoms with Gasteiger partial charge in [-0.15, -0.1) is 5.10 Å². The van der Waals surface area contributed by atoms with Crippen LogP contribution in [0.25, 0.3) is 5.65 Å². The first-order chi connectivity index (χ1) is 10.1. The number of hydrogen-bond donors (Lipinski definition) is 1. The first kappa shape index (κ1) is 13.0. The smallest absolute Gasteiger partial charge is 0.335 e. The summed E-state index contributed by atoms with van der Waals surface area (Å²) in [6.45, 7) is 0.107. The maximum absolute atomic E-state index is 12.8. The summed E-state index contributed by atoms with van der Waals surface area (Å²) in [5.74, 6) is -0.456. The van der Waals surface area contributed by atoms with Crippen LogP contribution in [0.1, 0.15) is 16.2 Å². The van der Waals surface area contributed by atoms with Crippen molar-refractivity contribution < 1.29 is 19.0 Å². The van der Waals surface area contributed by atoms with Crippen LogP contribution in [0.15, 0.2) is 42.6 Å². The maximum atomic E-state index is 12.8. The number of aromatic nitrogens is 3. The van der Waals surface area contributed by atoms with Crippen molar-refractivity contribution in [3.63, 3.8) is 0 Å². The van der Waals surface area contributed by atoms with Gasteiger partial charge in [0.2, 0.25) is 0 Å². The van der Waals surface area contributed by atoms with Crippen LogP contribution >= 0.6 is 0 Å². The van der Waals surface area contributed by atoms with Gasteiger partial charge in [0.25, 0.3) is 0 Å². The summed E-state index contributed by atoms with van der Waals surface area (Å²) in [6, 6.07) is 8.48. The number of halogens is 1. The van der Waals surface area contributed by atoms with E-state index in [4.69, 9.17) is 9.84 Å². The number of rotatable bonds is 4. The van der Waals surface area contributed by atoms with Gasteiger partial charge >= 0.3 is 5.97 Å². The summed E-state index contributed by atoms with van der Waals surface area (Å²) in [7, 11) is 0. The van der Waals surface area contributed by atoms with Crippen LogP contribution in [0.4, 0.5) is 4.39 Å². The molecule has 2 heterocycles. The third kappa shape index (κ3) is 2.81. The topological polar surface area (TPSA) is 76.7 Å². The molecule has 106 valence electrons. The van der Waals surface area contributed by atoms with Gasteiger partial charge in [0.15, 0.2) is 11.5 Å². The Morgan fingerprint density at radius 3 is 2.76 bits per heavy atom. The second kappa shape index (κ2) is 5.20. The van der Waals surface area contributed by atoms with Crippen molar-refractivity contribution in [3.05, 3.63) is 59.8 Å². The van der Waals surface area contributed by atoms with Gasteiger partial charge in [-0.3, -0.25) is 0 Å². The van der Waals surface area contributed by atoms with Crippen molar-refractivity contribution in [1.29, 1.82) is 0 Å². The fraction of sp³-hybridized carbons (Fsp3) is 0.0714. The van der Waals surface area contributed by atoms with Gasteiger partial charge in [-0.2, -0.15) is 0 Å². The molecule has 0 saturated heterocycles. The number of nitrogens with zero attached hydrogens (tertiary/aromatic N) is 3. The third-order valence-electron chi connectivity index (χ3n) is 2.81. The van der Waals surface area contributed by atoms with Crippen LogP contribution in [-0.4, -0.2) is 25.7 Å². The lowest BCUT2D eigenvalue weighted by Gasteiger charge is -2.02. The minimum absolute atomic E-state index is 0.107. The van der Waals surface area contributed by atoms with Gasteiger partial charge in [0.1, 0.15) is 18.2 Å². The van der Waals surface area contributed by atoms with Gasteiger partial charge in [-0.05, 0) is 36.4 Å². The Morgan fingerprint density at radius 1 is 1.29 bits per heavy atom. The Labute approximate surface area is 118 Å². The highest BCUT2D eigenvalue weighted by molar-refractivity contribution is 5.88. The predicted molar refractivity (Wildman–Crippen MR) is 70.7 cm³/mol. The molecule has 6 nitrogen and oxygen atoms in total. The van der Waals surface area contributed by atoms with Crippen molar-refractivity contribution in [2.45, 2.75) is 6.61 Å². The van der Waals surface area contributed by atoms with Crippen LogP contribution < -0.4 is 4.74 Å². The number of ether oxygens (including phenoxy) is 1. The van der Waals surface area contributed by atoms with E-state index in [1.54, 1.807) is 0 Å². The molecule has 0 bridgehead atoms. The second-order valence-electron chi connectivity index (χ2n) is 4.29. The van der Waals surface area contributed by atoms with Gasteiger partial charge in [-0.25, -0.2) is 18.7 Å². The summed E-state index contributed by atoms with van der Waals surface area (Å²) >= 11 is 0. The standard InChI is InChI=1S/C14H10FN3O3/c15-10-1-3-11(4-2-10)21-8-12-16-13-7-9(14(19)20)5-6-18(13)17-12/h1-7H,8H2,(H,19,20). The van der Waals surface area contributed by atoms with E-state index in [1.807, 2.05) is 0 Å². The van der Waals surface area contributed by atoms with Crippen molar-refractivity contribution in [3.8, 4) is 5.75 Å². The lowest BCUT2D eigenvalue weighted by Crippen LogP contribution is -1.98. The largest absolute Gasteiger partial charge is 0.486 e. The molecule has 7 heteroatoms. The molecule has 0 fully saturated rings. The molecule has 0 unspecified atom stereocenters. The summed E-state index contributed by atoms with van der Waals surface area (Å²) in [4.78, 5) is 15.1. The number of pyridine rings is 1. The Kier molecular flexibility index (Phi) is 3.23. The molecule has 0 aliphatic rings. The molecule has 21 heavy (non-hydrogen) atoms. The number of carboxylic acid groups (broad SMARTS) is 1. The number of hydrogen-bond acceptors (Lipinski definition) is 4. The van der Waals surface area contributed by atoms with Crippen LogP contribution in [-0.2, 0) is 6.61 Å². The van der Waals surface area contributed by atoms with E-state index in [0.29, 0.717) is 17.2 Å². The van der Waals surface area contributed by atoms with Crippen LogP contribution in [0.2, 0.25) is 0 Å². The average molecular weight is 287 g/mol. The first-order valence-corrected chi connectivity index (χ1v) is 6.09. The Balaban J connectivity index is 1.78. The number of fused-ring (bicyclic) bond motifs is 1. The van der Waals surface area contributed by atoms with Gasteiger partial charge in [0, 0.05) is 6.20 Å².